The summed E-state index contributed by atoms with van der Waals surface area (Å²) in [5.74, 6) is 1.57. The predicted octanol–water partition coefficient (Wildman–Crippen LogP) is 3.36. The van der Waals surface area contributed by atoms with Gasteiger partial charge < -0.3 is 19.5 Å². The van der Waals surface area contributed by atoms with Crippen LogP contribution in [0, 0.1) is 0 Å². The molecule has 0 aliphatic carbocycles. The van der Waals surface area contributed by atoms with Gasteiger partial charge in [-0.3, -0.25) is 4.79 Å². The number of carbonyl (C=O) groups excluding carboxylic acids is 1. The van der Waals surface area contributed by atoms with Crippen molar-refractivity contribution < 1.29 is 19.0 Å². The summed E-state index contributed by atoms with van der Waals surface area (Å²) in [6.07, 6.45) is 0. The molecule has 0 radical (unpaired) electrons. The molecular formula is C15H16ClNO4S. The van der Waals surface area contributed by atoms with Crippen molar-refractivity contribution in [1.82, 2.24) is 5.32 Å². The van der Waals surface area contributed by atoms with Crippen molar-refractivity contribution in [1.29, 1.82) is 0 Å². The van der Waals surface area contributed by atoms with Gasteiger partial charge in [0.1, 0.15) is 5.75 Å². The van der Waals surface area contributed by atoms with E-state index in [1.54, 1.807) is 45.6 Å². The number of amides is 1. The average molecular weight is 342 g/mol. The van der Waals surface area contributed by atoms with E-state index in [1.165, 1.54) is 11.3 Å². The van der Waals surface area contributed by atoms with Crippen LogP contribution in [-0.2, 0) is 6.54 Å². The molecule has 2 rings (SSSR count). The van der Waals surface area contributed by atoms with E-state index >= 15 is 0 Å². The summed E-state index contributed by atoms with van der Waals surface area (Å²) < 4.78 is 16.4. The van der Waals surface area contributed by atoms with Crippen molar-refractivity contribution in [3.05, 3.63) is 39.0 Å². The Morgan fingerprint density at radius 1 is 1.09 bits per heavy atom. The molecule has 0 atom stereocenters. The summed E-state index contributed by atoms with van der Waals surface area (Å²) in [7, 11) is 4.67. The zero-order valence-corrected chi connectivity index (χ0v) is 14.0. The maximum absolute atomic E-state index is 12.1. The first-order valence-corrected chi connectivity index (χ1v) is 7.61. The Hall–Kier alpha value is -1.92. The second-order valence-electron chi connectivity index (χ2n) is 4.31. The van der Waals surface area contributed by atoms with Crippen molar-refractivity contribution in [2.45, 2.75) is 6.54 Å². The lowest BCUT2D eigenvalue weighted by molar-refractivity contribution is 0.0954. The minimum atomic E-state index is -0.186. The van der Waals surface area contributed by atoms with Crippen molar-refractivity contribution >= 4 is 28.8 Å². The van der Waals surface area contributed by atoms with Gasteiger partial charge in [0, 0.05) is 18.2 Å². The molecule has 1 heterocycles. The van der Waals surface area contributed by atoms with Gasteiger partial charge in [-0.25, -0.2) is 0 Å². The molecule has 0 bridgehead atoms. The predicted molar refractivity (Wildman–Crippen MR) is 86.6 cm³/mol. The summed E-state index contributed by atoms with van der Waals surface area (Å²) in [6, 6.07) is 6.88. The molecule has 0 aliphatic rings. The fourth-order valence-electron chi connectivity index (χ4n) is 1.93. The maximum atomic E-state index is 12.1. The van der Waals surface area contributed by atoms with Crippen molar-refractivity contribution in [2.24, 2.45) is 0 Å². The standard InChI is InChI=1S/C15H16ClNO4S/c1-19-10-7-12(21-3)11(20-2)6-9(10)8-17-15(18)13-4-5-14(16)22-13/h4-7H,8H2,1-3H3,(H,17,18). The summed E-state index contributed by atoms with van der Waals surface area (Å²) >= 11 is 7.06. The Kier molecular flexibility index (Phi) is 5.51. The fourth-order valence-corrected chi connectivity index (χ4v) is 2.89. The van der Waals surface area contributed by atoms with E-state index in [-0.39, 0.29) is 5.91 Å². The molecule has 0 spiro atoms. The molecule has 1 amide bonds. The smallest absolute Gasteiger partial charge is 0.261 e. The lowest BCUT2D eigenvalue weighted by Gasteiger charge is -2.14. The first kappa shape index (κ1) is 16.5. The molecule has 0 fully saturated rings. The van der Waals surface area contributed by atoms with Crippen LogP contribution in [0.1, 0.15) is 15.2 Å². The number of hydrogen-bond acceptors (Lipinski definition) is 5. The van der Waals surface area contributed by atoms with Crippen LogP contribution in [0.3, 0.4) is 0 Å². The molecule has 1 aromatic carbocycles. The van der Waals surface area contributed by atoms with Gasteiger partial charge in [-0.2, -0.15) is 0 Å². The number of carbonyl (C=O) groups is 1. The Labute approximate surface area is 137 Å². The first-order chi connectivity index (χ1) is 10.6. The van der Waals surface area contributed by atoms with Gasteiger partial charge in [0.25, 0.3) is 5.91 Å². The second kappa shape index (κ2) is 7.38. The molecule has 1 N–H and O–H groups in total. The van der Waals surface area contributed by atoms with Gasteiger partial charge in [-0.05, 0) is 18.2 Å². The van der Waals surface area contributed by atoms with E-state index in [9.17, 15) is 4.79 Å². The van der Waals surface area contributed by atoms with Gasteiger partial charge in [0.15, 0.2) is 11.5 Å². The molecule has 0 unspecified atom stereocenters. The highest BCUT2D eigenvalue weighted by Crippen LogP contribution is 2.34. The van der Waals surface area contributed by atoms with Crippen LogP contribution in [0.15, 0.2) is 24.3 Å². The lowest BCUT2D eigenvalue weighted by atomic mass is 10.1. The molecule has 0 saturated carbocycles. The highest BCUT2D eigenvalue weighted by molar-refractivity contribution is 7.17. The summed E-state index contributed by atoms with van der Waals surface area (Å²) in [5, 5.41) is 2.83. The normalized spacial score (nSPS) is 10.2. The molecule has 5 nitrogen and oxygen atoms in total. The summed E-state index contributed by atoms with van der Waals surface area (Å²) in [4.78, 5) is 12.6. The highest BCUT2D eigenvalue weighted by Gasteiger charge is 2.14. The maximum Gasteiger partial charge on any atom is 0.261 e. The van der Waals surface area contributed by atoms with Crippen LogP contribution in [0.2, 0.25) is 4.34 Å². The number of ether oxygens (including phenoxy) is 3. The molecule has 118 valence electrons. The topological polar surface area (TPSA) is 56.8 Å². The van der Waals surface area contributed by atoms with E-state index in [4.69, 9.17) is 25.8 Å². The monoisotopic (exact) mass is 341 g/mol. The minimum Gasteiger partial charge on any atom is -0.496 e. The van der Waals surface area contributed by atoms with Crippen LogP contribution in [0.5, 0.6) is 17.2 Å². The molecule has 2 aromatic rings. The summed E-state index contributed by atoms with van der Waals surface area (Å²) in [6.45, 7) is 0.303. The van der Waals surface area contributed by atoms with E-state index in [2.05, 4.69) is 5.32 Å². The zero-order chi connectivity index (χ0) is 16.1. The Morgan fingerprint density at radius 3 is 2.27 bits per heavy atom. The fraction of sp³-hybridized carbons (Fsp3) is 0.267. The second-order valence-corrected chi connectivity index (χ2v) is 6.02. The molecule has 0 aliphatic heterocycles. The number of benzene rings is 1. The third-order valence-electron chi connectivity index (χ3n) is 3.02. The molecule has 0 saturated heterocycles. The van der Waals surface area contributed by atoms with Crippen LogP contribution < -0.4 is 19.5 Å². The SMILES string of the molecule is COc1cc(OC)c(OC)cc1CNC(=O)c1ccc(Cl)s1. The van der Waals surface area contributed by atoms with Crippen LogP contribution in [-0.4, -0.2) is 27.2 Å². The lowest BCUT2D eigenvalue weighted by Crippen LogP contribution is -2.22. The number of methoxy groups -OCH3 is 3. The third-order valence-corrected chi connectivity index (χ3v) is 4.25. The number of nitrogens with one attached hydrogen (secondary N) is 1. The van der Waals surface area contributed by atoms with Crippen molar-refractivity contribution in [2.75, 3.05) is 21.3 Å². The minimum absolute atomic E-state index is 0.186. The van der Waals surface area contributed by atoms with Crippen LogP contribution in [0.4, 0.5) is 0 Å². The first-order valence-electron chi connectivity index (χ1n) is 6.41. The average Bonchev–Trinajstić information content (AvgIpc) is 2.98. The number of hydrogen-bond donors (Lipinski definition) is 1. The Balaban J connectivity index is 2.16. The van der Waals surface area contributed by atoms with Gasteiger partial charge in [0.2, 0.25) is 0 Å². The quantitative estimate of drug-likeness (QED) is 0.875. The number of rotatable bonds is 6. The van der Waals surface area contributed by atoms with E-state index in [0.29, 0.717) is 33.0 Å². The van der Waals surface area contributed by atoms with Crippen LogP contribution in [0.25, 0.3) is 0 Å². The summed E-state index contributed by atoms with van der Waals surface area (Å²) in [5.41, 5.74) is 0.788. The number of halogens is 1. The third kappa shape index (κ3) is 3.64. The molecular weight excluding hydrogens is 326 g/mol. The van der Waals surface area contributed by atoms with E-state index in [1.807, 2.05) is 0 Å². The van der Waals surface area contributed by atoms with E-state index < -0.39 is 0 Å². The van der Waals surface area contributed by atoms with Gasteiger partial charge in [0.05, 0.1) is 30.5 Å². The van der Waals surface area contributed by atoms with Gasteiger partial charge in [-0.15, -0.1) is 11.3 Å². The molecule has 7 heteroatoms. The van der Waals surface area contributed by atoms with Crippen LogP contribution >= 0.6 is 22.9 Å². The van der Waals surface area contributed by atoms with Gasteiger partial charge >= 0.3 is 0 Å². The number of thiophene rings is 1. The Morgan fingerprint density at radius 2 is 1.73 bits per heavy atom. The van der Waals surface area contributed by atoms with Crippen molar-refractivity contribution in [3.63, 3.8) is 0 Å². The zero-order valence-electron chi connectivity index (χ0n) is 12.4. The Bertz CT molecular complexity index is 672. The molecule has 22 heavy (non-hydrogen) atoms. The van der Waals surface area contributed by atoms with E-state index in [0.717, 1.165) is 5.56 Å². The highest BCUT2D eigenvalue weighted by atomic mass is 35.5. The van der Waals surface area contributed by atoms with Gasteiger partial charge in [-0.1, -0.05) is 11.6 Å². The molecule has 1 aromatic heterocycles. The largest absolute Gasteiger partial charge is 0.496 e. The van der Waals surface area contributed by atoms with Crippen molar-refractivity contribution in [3.8, 4) is 17.2 Å².